The third kappa shape index (κ3) is 3.81. The van der Waals surface area contributed by atoms with Crippen LogP contribution < -0.4 is 5.32 Å². The van der Waals surface area contributed by atoms with Crippen molar-refractivity contribution in [2.75, 3.05) is 13.2 Å². The highest BCUT2D eigenvalue weighted by Gasteiger charge is 2.21. The number of nitrogens with one attached hydrogen (secondary N) is 1. The number of amides is 1. The number of aryl methyl sites for hydroxylation is 2. The van der Waals surface area contributed by atoms with Crippen LogP contribution in [0.15, 0.2) is 11.2 Å². The molecule has 3 rings (SSSR count). The van der Waals surface area contributed by atoms with Gasteiger partial charge in [-0.2, -0.15) is 4.98 Å². The summed E-state index contributed by atoms with van der Waals surface area (Å²) in [4.78, 5) is 20.9. The van der Waals surface area contributed by atoms with E-state index in [0.717, 1.165) is 30.8 Å². The lowest BCUT2D eigenvalue weighted by molar-refractivity contribution is -0.120. The van der Waals surface area contributed by atoms with Gasteiger partial charge in [0.25, 0.3) is 5.78 Å². The number of ether oxygens (including phenoxy) is 1. The molecule has 0 bridgehead atoms. The average Bonchev–Trinajstić information content (AvgIpc) is 3.13. The average molecular weight is 335 g/mol. The summed E-state index contributed by atoms with van der Waals surface area (Å²) in [7, 11) is 0. The summed E-state index contributed by atoms with van der Waals surface area (Å²) in [6.45, 7) is 7.11. The maximum absolute atomic E-state index is 12.2. The van der Waals surface area contributed by atoms with E-state index in [1.165, 1.54) is 11.8 Å². The van der Waals surface area contributed by atoms with Crippen LogP contribution in [0.2, 0.25) is 0 Å². The topological polar surface area (TPSA) is 81.4 Å². The van der Waals surface area contributed by atoms with Crippen molar-refractivity contribution < 1.29 is 9.53 Å². The number of thioether (sulfide) groups is 1. The molecule has 0 saturated carbocycles. The lowest BCUT2D eigenvalue weighted by Gasteiger charge is -2.13. The largest absolute Gasteiger partial charge is 0.376 e. The van der Waals surface area contributed by atoms with E-state index in [-0.39, 0.29) is 17.3 Å². The molecule has 1 amide bonds. The van der Waals surface area contributed by atoms with Crippen molar-refractivity contribution in [1.29, 1.82) is 0 Å². The van der Waals surface area contributed by atoms with Crippen molar-refractivity contribution in [3.8, 4) is 0 Å². The summed E-state index contributed by atoms with van der Waals surface area (Å²) in [5.41, 5.74) is 1.88. The molecule has 8 heteroatoms. The fraction of sp³-hybridized carbons (Fsp3) is 0.600. The van der Waals surface area contributed by atoms with Gasteiger partial charge in [0.15, 0.2) is 0 Å². The lowest BCUT2D eigenvalue weighted by atomic mass is 10.2. The van der Waals surface area contributed by atoms with Crippen LogP contribution in [0.25, 0.3) is 5.78 Å². The Morgan fingerprint density at radius 3 is 3.09 bits per heavy atom. The van der Waals surface area contributed by atoms with Crippen molar-refractivity contribution in [3.63, 3.8) is 0 Å². The Kier molecular flexibility index (Phi) is 4.82. The summed E-state index contributed by atoms with van der Waals surface area (Å²) in [5, 5.41) is 7.64. The minimum absolute atomic E-state index is 0.0229. The zero-order chi connectivity index (χ0) is 16.4. The first-order valence-corrected chi connectivity index (χ1v) is 8.68. The zero-order valence-corrected chi connectivity index (χ0v) is 14.4. The molecule has 0 aliphatic carbocycles. The molecule has 2 aromatic rings. The number of carbonyl (C=O) groups excluding carboxylic acids is 1. The molecule has 0 unspecified atom stereocenters. The van der Waals surface area contributed by atoms with Gasteiger partial charge in [0.1, 0.15) is 0 Å². The molecular formula is C15H21N5O2S. The monoisotopic (exact) mass is 335 g/mol. The van der Waals surface area contributed by atoms with E-state index in [0.29, 0.717) is 17.5 Å². The van der Waals surface area contributed by atoms with Crippen molar-refractivity contribution >= 4 is 23.4 Å². The summed E-state index contributed by atoms with van der Waals surface area (Å²) >= 11 is 1.34. The normalized spacial score (nSPS) is 19.2. The Morgan fingerprint density at radius 2 is 2.35 bits per heavy atom. The van der Waals surface area contributed by atoms with Crippen molar-refractivity contribution in [2.24, 2.45) is 0 Å². The second kappa shape index (κ2) is 6.84. The van der Waals surface area contributed by atoms with E-state index in [1.54, 1.807) is 4.52 Å². The molecule has 3 heterocycles. The van der Waals surface area contributed by atoms with Gasteiger partial charge in [-0.1, -0.05) is 11.8 Å². The molecule has 1 aliphatic heterocycles. The van der Waals surface area contributed by atoms with Gasteiger partial charge >= 0.3 is 0 Å². The SMILES string of the molecule is Cc1cc(C)n2nc(S[C@@H](C)C(=O)NC[C@H]3CCCO3)nc2n1. The molecule has 0 spiro atoms. The fourth-order valence-electron chi connectivity index (χ4n) is 2.57. The molecule has 1 N–H and O–H groups in total. The summed E-state index contributed by atoms with van der Waals surface area (Å²) < 4.78 is 7.21. The second-order valence-corrected chi connectivity index (χ2v) is 7.09. The zero-order valence-electron chi connectivity index (χ0n) is 13.6. The Balaban J connectivity index is 1.61. The van der Waals surface area contributed by atoms with Crippen LogP contribution in [0.5, 0.6) is 0 Å². The van der Waals surface area contributed by atoms with Gasteiger partial charge in [-0.3, -0.25) is 4.79 Å². The predicted molar refractivity (Wildman–Crippen MR) is 87.6 cm³/mol. The van der Waals surface area contributed by atoms with E-state index in [1.807, 2.05) is 26.8 Å². The van der Waals surface area contributed by atoms with Crippen LogP contribution in [-0.4, -0.2) is 50.0 Å². The quantitative estimate of drug-likeness (QED) is 0.834. The maximum Gasteiger partial charge on any atom is 0.253 e. The van der Waals surface area contributed by atoms with Crippen LogP contribution in [0, 0.1) is 13.8 Å². The Hall–Kier alpha value is -1.67. The lowest BCUT2D eigenvalue weighted by Crippen LogP contribution is -2.36. The third-order valence-electron chi connectivity index (χ3n) is 3.78. The first-order chi connectivity index (χ1) is 11.0. The van der Waals surface area contributed by atoms with Gasteiger partial charge in [0.05, 0.1) is 11.4 Å². The smallest absolute Gasteiger partial charge is 0.253 e. The minimum Gasteiger partial charge on any atom is -0.376 e. The van der Waals surface area contributed by atoms with Gasteiger partial charge in [-0.05, 0) is 39.7 Å². The number of carbonyl (C=O) groups is 1. The van der Waals surface area contributed by atoms with E-state index < -0.39 is 0 Å². The molecule has 1 fully saturated rings. The van der Waals surface area contributed by atoms with Crippen LogP contribution in [-0.2, 0) is 9.53 Å². The number of aromatic nitrogens is 4. The summed E-state index contributed by atoms with van der Waals surface area (Å²) in [6, 6.07) is 1.95. The van der Waals surface area contributed by atoms with Crippen LogP contribution in [0.4, 0.5) is 0 Å². The molecule has 2 atom stereocenters. The fourth-order valence-corrected chi connectivity index (χ4v) is 3.34. The van der Waals surface area contributed by atoms with Gasteiger partial charge in [-0.25, -0.2) is 9.50 Å². The van der Waals surface area contributed by atoms with E-state index in [4.69, 9.17) is 4.74 Å². The van der Waals surface area contributed by atoms with Crippen LogP contribution in [0.3, 0.4) is 0 Å². The highest BCUT2D eigenvalue weighted by atomic mass is 32.2. The molecule has 1 aliphatic rings. The van der Waals surface area contributed by atoms with Crippen molar-refractivity contribution in [1.82, 2.24) is 24.9 Å². The van der Waals surface area contributed by atoms with Gasteiger partial charge in [0, 0.05) is 24.5 Å². The summed E-state index contributed by atoms with van der Waals surface area (Å²) in [5.74, 6) is 0.544. The highest BCUT2D eigenvalue weighted by Crippen LogP contribution is 2.21. The number of hydrogen-bond acceptors (Lipinski definition) is 6. The van der Waals surface area contributed by atoms with E-state index in [9.17, 15) is 4.79 Å². The molecule has 23 heavy (non-hydrogen) atoms. The number of hydrogen-bond donors (Lipinski definition) is 1. The Labute approximate surface area is 139 Å². The molecular weight excluding hydrogens is 314 g/mol. The van der Waals surface area contributed by atoms with E-state index in [2.05, 4.69) is 20.4 Å². The first kappa shape index (κ1) is 16.2. The van der Waals surface area contributed by atoms with Gasteiger partial charge in [-0.15, -0.1) is 5.10 Å². The molecule has 0 aromatic carbocycles. The number of fused-ring (bicyclic) bond motifs is 1. The second-order valence-electron chi connectivity index (χ2n) is 5.79. The van der Waals surface area contributed by atoms with Gasteiger partial charge < -0.3 is 10.1 Å². The standard InChI is InChI=1S/C15H21N5O2S/c1-9-7-10(2)20-14(17-9)18-15(19-20)23-11(3)13(21)16-8-12-5-4-6-22-12/h7,11-12H,4-6,8H2,1-3H3,(H,16,21)/t11-,12+/m0/s1. The minimum atomic E-state index is -0.268. The molecule has 2 aromatic heterocycles. The third-order valence-corrected chi connectivity index (χ3v) is 4.73. The van der Waals surface area contributed by atoms with Crippen molar-refractivity contribution in [2.45, 2.75) is 50.1 Å². The number of nitrogens with zero attached hydrogens (tertiary/aromatic N) is 4. The molecule has 124 valence electrons. The number of rotatable bonds is 5. The van der Waals surface area contributed by atoms with Crippen molar-refractivity contribution in [3.05, 3.63) is 17.5 Å². The van der Waals surface area contributed by atoms with Crippen LogP contribution >= 0.6 is 11.8 Å². The first-order valence-electron chi connectivity index (χ1n) is 7.80. The van der Waals surface area contributed by atoms with Gasteiger partial charge in [0.2, 0.25) is 11.1 Å². The molecule has 0 radical (unpaired) electrons. The predicted octanol–water partition coefficient (Wildman–Crippen LogP) is 1.52. The van der Waals surface area contributed by atoms with Crippen LogP contribution in [0.1, 0.15) is 31.2 Å². The Morgan fingerprint density at radius 1 is 1.52 bits per heavy atom. The maximum atomic E-state index is 12.2. The highest BCUT2D eigenvalue weighted by molar-refractivity contribution is 8.00. The Bertz CT molecular complexity index is 711. The summed E-state index contributed by atoms with van der Waals surface area (Å²) in [6.07, 6.45) is 2.24. The van der Waals surface area contributed by atoms with E-state index >= 15 is 0 Å². The molecule has 1 saturated heterocycles. The molecule has 7 nitrogen and oxygen atoms in total.